The molecule has 12 heavy (non-hydrogen) atoms. The van der Waals surface area contributed by atoms with E-state index in [1.807, 2.05) is 0 Å². The smallest absolute Gasteiger partial charge is 0.0175 e. The Hall–Kier alpha value is -0.340. The molecular weight excluding hydrogens is 214 g/mol. The molecular formula is C10H14BrN. The van der Waals surface area contributed by atoms with Crippen LogP contribution in [-0.2, 0) is 6.42 Å². The number of rotatable bonds is 4. The predicted molar refractivity (Wildman–Crippen MR) is 56.4 cm³/mol. The first kappa shape index (κ1) is 9.75. The quantitative estimate of drug-likeness (QED) is 0.781. The third-order valence-electron chi connectivity index (χ3n) is 1.75. The summed E-state index contributed by atoms with van der Waals surface area (Å²) < 4.78 is 1.15. The van der Waals surface area contributed by atoms with Gasteiger partial charge in [-0.25, -0.2) is 0 Å². The Labute approximate surface area is 82.3 Å². The lowest BCUT2D eigenvalue weighted by atomic mass is 10.1. The van der Waals surface area contributed by atoms with Crippen LogP contribution >= 0.6 is 15.9 Å². The minimum Gasteiger partial charge on any atom is -0.317 e. The highest BCUT2D eigenvalue weighted by Crippen LogP contribution is 2.10. The van der Waals surface area contributed by atoms with Gasteiger partial charge in [-0.3, -0.25) is 0 Å². The van der Waals surface area contributed by atoms with E-state index in [4.69, 9.17) is 0 Å². The van der Waals surface area contributed by atoms with Gasteiger partial charge in [-0.15, -0.1) is 0 Å². The molecule has 0 spiro atoms. The Bertz CT molecular complexity index is 218. The summed E-state index contributed by atoms with van der Waals surface area (Å²) in [6, 6.07) is 8.48. The zero-order valence-electron chi connectivity index (χ0n) is 7.31. The first-order valence-corrected chi connectivity index (χ1v) is 5.07. The fourth-order valence-corrected chi connectivity index (χ4v) is 1.32. The van der Waals surface area contributed by atoms with Gasteiger partial charge in [0.25, 0.3) is 0 Å². The average Bonchev–Trinajstić information content (AvgIpc) is 2.09. The van der Waals surface area contributed by atoms with Crippen LogP contribution in [0.2, 0.25) is 0 Å². The van der Waals surface area contributed by atoms with Crippen molar-refractivity contribution in [3.63, 3.8) is 0 Å². The summed E-state index contributed by atoms with van der Waals surface area (Å²) in [5, 5.41) is 3.30. The van der Waals surface area contributed by atoms with Crippen LogP contribution in [0.4, 0.5) is 0 Å². The van der Waals surface area contributed by atoms with Crippen LogP contribution in [0, 0.1) is 0 Å². The first-order chi connectivity index (χ1) is 5.83. The molecule has 2 heteroatoms. The molecule has 66 valence electrons. The maximum Gasteiger partial charge on any atom is 0.0175 e. The van der Waals surface area contributed by atoms with E-state index in [0.717, 1.165) is 24.0 Å². The zero-order chi connectivity index (χ0) is 8.81. The summed E-state index contributed by atoms with van der Waals surface area (Å²) in [4.78, 5) is 0. The van der Waals surface area contributed by atoms with Crippen molar-refractivity contribution in [1.82, 2.24) is 5.32 Å². The second kappa shape index (κ2) is 5.33. The van der Waals surface area contributed by atoms with Crippen LogP contribution in [-0.4, -0.2) is 13.1 Å². The zero-order valence-corrected chi connectivity index (χ0v) is 8.89. The molecule has 0 fully saturated rings. The number of halogens is 1. The predicted octanol–water partition coefficient (Wildman–Crippen LogP) is 2.60. The van der Waals surface area contributed by atoms with E-state index in [1.165, 1.54) is 5.56 Å². The second-order valence-electron chi connectivity index (χ2n) is 2.73. The van der Waals surface area contributed by atoms with Gasteiger partial charge in [0, 0.05) is 4.47 Å². The molecule has 0 saturated carbocycles. The minimum atomic E-state index is 1.05. The van der Waals surface area contributed by atoms with Gasteiger partial charge in [0.15, 0.2) is 0 Å². The SMILES string of the molecule is CCNCCc1ccc(Br)cc1. The van der Waals surface area contributed by atoms with Gasteiger partial charge in [0.1, 0.15) is 0 Å². The van der Waals surface area contributed by atoms with Crippen LogP contribution in [0.15, 0.2) is 28.7 Å². The van der Waals surface area contributed by atoms with Crippen molar-refractivity contribution < 1.29 is 0 Å². The monoisotopic (exact) mass is 227 g/mol. The molecule has 0 aliphatic rings. The van der Waals surface area contributed by atoms with Crippen LogP contribution in [0.5, 0.6) is 0 Å². The molecule has 0 unspecified atom stereocenters. The summed E-state index contributed by atoms with van der Waals surface area (Å²) in [6.07, 6.45) is 1.11. The van der Waals surface area contributed by atoms with Crippen molar-refractivity contribution in [3.05, 3.63) is 34.3 Å². The van der Waals surface area contributed by atoms with Crippen molar-refractivity contribution in [2.24, 2.45) is 0 Å². The lowest BCUT2D eigenvalue weighted by Gasteiger charge is -2.01. The number of benzene rings is 1. The Morgan fingerprint density at radius 2 is 1.92 bits per heavy atom. The van der Waals surface area contributed by atoms with Crippen molar-refractivity contribution in [3.8, 4) is 0 Å². The van der Waals surface area contributed by atoms with E-state index in [1.54, 1.807) is 0 Å². The molecule has 1 aromatic rings. The largest absolute Gasteiger partial charge is 0.317 e. The van der Waals surface area contributed by atoms with Gasteiger partial charge in [-0.05, 0) is 37.2 Å². The third kappa shape index (κ3) is 3.37. The number of nitrogens with one attached hydrogen (secondary N) is 1. The Morgan fingerprint density at radius 1 is 1.25 bits per heavy atom. The van der Waals surface area contributed by atoms with Crippen molar-refractivity contribution in [2.75, 3.05) is 13.1 Å². The average molecular weight is 228 g/mol. The van der Waals surface area contributed by atoms with Crippen LogP contribution in [0.1, 0.15) is 12.5 Å². The number of hydrogen-bond donors (Lipinski definition) is 1. The molecule has 0 amide bonds. The Kier molecular flexibility index (Phi) is 4.33. The summed E-state index contributed by atoms with van der Waals surface area (Å²) >= 11 is 3.41. The highest BCUT2D eigenvalue weighted by atomic mass is 79.9. The highest BCUT2D eigenvalue weighted by Gasteiger charge is 1.91. The van der Waals surface area contributed by atoms with E-state index in [2.05, 4.69) is 52.4 Å². The van der Waals surface area contributed by atoms with Crippen molar-refractivity contribution >= 4 is 15.9 Å². The summed E-state index contributed by atoms with van der Waals surface area (Å²) in [5.74, 6) is 0. The number of hydrogen-bond acceptors (Lipinski definition) is 1. The van der Waals surface area contributed by atoms with E-state index in [-0.39, 0.29) is 0 Å². The maximum absolute atomic E-state index is 3.41. The number of likely N-dealkylation sites (N-methyl/N-ethyl adjacent to an activating group) is 1. The maximum atomic E-state index is 3.41. The molecule has 0 bridgehead atoms. The molecule has 0 atom stereocenters. The molecule has 1 rings (SSSR count). The van der Waals surface area contributed by atoms with Gasteiger partial charge >= 0.3 is 0 Å². The highest BCUT2D eigenvalue weighted by molar-refractivity contribution is 9.10. The molecule has 0 aliphatic carbocycles. The second-order valence-corrected chi connectivity index (χ2v) is 3.65. The summed E-state index contributed by atoms with van der Waals surface area (Å²) in [5.41, 5.74) is 1.39. The Balaban J connectivity index is 2.37. The van der Waals surface area contributed by atoms with Gasteiger partial charge in [0.05, 0.1) is 0 Å². The fourth-order valence-electron chi connectivity index (χ4n) is 1.06. The third-order valence-corrected chi connectivity index (χ3v) is 2.28. The van der Waals surface area contributed by atoms with Gasteiger partial charge < -0.3 is 5.32 Å². The Morgan fingerprint density at radius 3 is 2.50 bits per heavy atom. The molecule has 0 aliphatic heterocycles. The normalized spacial score (nSPS) is 10.2. The van der Waals surface area contributed by atoms with E-state index in [0.29, 0.717) is 0 Å². The standard InChI is InChI=1S/C10H14BrN/c1-2-12-8-7-9-3-5-10(11)6-4-9/h3-6,12H,2,7-8H2,1H3. The molecule has 0 heterocycles. The van der Waals surface area contributed by atoms with E-state index in [9.17, 15) is 0 Å². The minimum absolute atomic E-state index is 1.05. The van der Waals surface area contributed by atoms with Gasteiger partial charge in [-0.1, -0.05) is 35.0 Å². The van der Waals surface area contributed by atoms with Crippen LogP contribution < -0.4 is 5.32 Å². The molecule has 0 radical (unpaired) electrons. The lowest BCUT2D eigenvalue weighted by molar-refractivity contribution is 0.716. The topological polar surface area (TPSA) is 12.0 Å². The van der Waals surface area contributed by atoms with E-state index >= 15 is 0 Å². The summed E-state index contributed by atoms with van der Waals surface area (Å²) in [6.45, 7) is 4.25. The van der Waals surface area contributed by atoms with Crippen molar-refractivity contribution in [2.45, 2.75) is 13.3 Å². The fraction of sp³-hybridized carbons (Fsp3) is 0.400. The molecule has 1 nitrogen and oxygen atoms in total. The lowest BCUT2D eigenvalue weighted by Crippen LogP contribution is -2.15. The molecule has 0 aromatic heterocycles. The molecule has 1 N–H and O–H groups in total. The van der Waals surface area contributed by atoms with E-state index < -0.39 is 0 Å². The molecule has 0 saturated heterocycles. The molecule has 1 aromatic carbocycles. The van der Waals surface area contributed by atoms with Gasteiger partial charge in [0.2, 0.25) is 0 Å². The van der Waals surface area contributed by atoms with Crippen LogP contribution in [0.3, 0.4) is 0 Å². The van der Waals surface area contributed by atoms with Gasteiger partial charge in [-0.2, -0.15) is 0 Å². The van der Waals surface area contributed by atoms with Crippen molar-refractivity contribution in [1.29, 1.82) is 0 Å². The summed E-state index contributed by atoms with van der Waals surface area (Å²) in [7, 11) is 0. The first-order valence-electron chi connectivity index (χ1n) is 4.28. The van der Waals surface area contributed by atoms with Crippen LogP contribution in [0.25, 0.3) is 0 Å².